The van der Waals surface area contributed by atoms with Crippen LogP contribution < -0.4 is 5.32 Å². The van der Waals surface area contributed by atoms with Crippen molar-refractivity contribution in [1.82, 2.24) is 15.2 Å². The van der Waals surface area contributed by atoms with Crippen LogP contribution in [-0.4, -0.2) is 56.2 Å². The Labute approximate surface area is 149 Å². The standard InChI is InChI=1S/C18H30N4OS/c1-19-18(22-11-9-14(12-22)13-23-2)20-10-5-8-17-21-15-6-3-4-7-16(15)24-17/h14H,3-13H2,1-2H3,(H,19,20). The Morgan fingerprint density at radius 1 is 1.42 bits per heavy atom. The molecule has 1 N–H and O–H groups in total. The first-order valence-electron chi connectivity index (χ1n) is 9.22. The average Bonchev–Trinajstić information content (AvgIpc) is 3.21. The van der Waals surface area contributed by atoms with E-state index in [0.717, 1.165) is 45.0 Å². The molecule has 1 aromatic heterocycles. The van der Waals surface area contributed by atoms with Crippen molar-refractivity contribution in [2.75, 3.05) is 40.4 Å². The van der Waals surface area contributed by atoms with E-state index in [1.54, 1.807) is 12.0 Å². The molecule has 2 heterocycles. The highest BCUT2D eigenvalue weighted by atomic mass is 32.1. The van der Waals surface area contributed by atoms with Crippen molar-refractivity contribution in [1.29, 1.82) is 0 Å². The molecule has 134 valence electrons. The summed E-state index contributed by atoms with van der Waals surface area (Å²) in [6.07, 6.45) is 8.47. The number of nitrogens with one attached hydrogen (secondary N) is 1. The SMILES string of the molecule is CN=C(NCCCc1nc2c(s1)CCCC2)N1CCC(COC)C1. The fourth-order valence-corrected chi connectivity index (χ4v) is 4.88. The monoisotopic (exact) mass is 350 g/mol. The number of fused-ring (bicyclic) bond motifs is 1. The van der Waals surface area contributed by atoms with Crippen LogP contribution in [0.4, 0.5) is 0 Å². The number of rotatable bonds is 6. The average molecular weight is 351 g/mol. The maximum absolute atomic E-state index is 5.28. The van der Waals surface area contributed by atoms with E-state index in [1.807, 2.05) is 18.4 Å². The summed E-state index contributed by atoms with van der Waals surface area (Å²) in [5.74, 6) is 1.67. The second kappa shape index (κ2) is 8.81. The fraction of sp³-hybridized carbons (Fsp3) is 0.778. The molecule has 1 saturated heterocycles. The van der Waals surface area contributed by atoms with Gasteiger partial charge in [-0.1, -0.05) is 0 Å². The van der Waals surface area contributed by atoms with Crippen molar-refractivity contribution in [2.45, 2.75) is 44.9 Å². The first kappa shape index (κ1) is 17.7. The van der Waals surface area contributed by atoms with Crippen LogP contribution in [0.3, 0.4) is 0 Å². The molecular weight excluding hydrogens is 320 g/mol. The molecule has 2 aliphatic rings. The molecule has 1 fully saturated rings. The van der Waals surface area contributed by atoms with Gasteiger partial charge in [-0.15, -0.1) is 11.3 Å². The van der Waals surface area contributed by atoms with Gasteiger partial charge in [0.2, 0.25) is 0 Å². The van der Waals surface area contributed by atoms with Crippen molar-refractivity contribution in [3.05, 3.63) is 15.6 Å². The van der Waals surface area contributed by atoms with E-state index in [0.29, 0.717) is 5.92 Å². The molecule has 3 rings (SSSR count). The molecular formula is C18H30N4OS. The second-order valence-electron chi connectivity index (χ2n) is 6.82. The van der Waals surface area contributed by atoms with Crippen LogP contribution in [0.25, 0.3) is 0 Å². The summed E-state index contributed by atoms with van der Waals surface area (Å²) in [5.41, 5.74) is 1.38. The lowest BCUT2D eigenvalue weighted by molar-refractivity contribution is 0.157. The molecule has 1 aliphatic carbocycles. The van der Waals surface area contributed by atoms with E-state index >= 15 is 0 Å². The van der Waals surface area contributed by atoms with Crippen LogP contribution in [0.1, 0.15) is 41.3 Å². The third-order valence-corrected chi connectivity index (χ3v) is 6.16. The summed E-state index contributed by atoms with van der Waals surface area (Å²) in [6, 6.07) is 0. The van der Waals surface area contributed by atoms with Gasteiger partial charge in [0, 0.05) is 51.0 Å². The quantitative estimate of drug-likeness (QED) is 0.486. The van der Waals surface area contributed by atoms with Gasteiger partial charge in [-0.25, -0.2) is 4.98 Å². The minimum absolute atomic E-state index is 0.634. The van der Waals surface area contributed by atoms with E-state index in [4.69, 9.17) is 9.72 Å². The fourth-order valence-electron chi connectivity index (χ4n) is 3.68. The van der Waals surface area contributed by atoms with Crippen molar-refractivity contribution in [3.63, 3.8) is 0 Å². The van der Waals surface area contributed by atoms with Crippen molar-refractivity contribution in [2.24, 2.45) is 10.9 Å². The number of hydrogen-bond acceptors (Lipinski definition) is 4. The number of aromatic nitrogens is 1. The van der Waals surface area contributed by atoms with Crippen molar-refractivity contribution in [3.8, 4) is 0 Å². The third-order valence-electron chi connectivity index (χ3n) is 4.94. The Bertz CT molecular complexity index is 534. The summed E-state index contributed by atoms with van der Waals surface area (Å²) in [5, 5.41) is 4.84. The molecule has 0 bridgehead atoms. The van der Waals surface area contributed by atoms with Gasteiger partial charge in [0.1, 0.15) is 0 Å². The van der Waals surface area contributed by atoms with Crippen molar-refractivity contribution < 1.29 is 4.74 Å². The first-order chi connectivity index (χ1) is 11.8. The van der Waals surface area contributed by atoms with E-state index in [9.17, 15) is 0 Å². The summed E-state index contributed by atoms with van der Waals surface area (Å²) in [7, 11) is 3.66. The lowest BCUT2D eigenvalue weighted by Crippen LogP contribution is -2.40. The summed E-state index contributed by atoms with van der Waals surface area (Å²) < 4.78 is 5.28. The number of aliphatic imine (C=N–C) groups is 1. The molecule has 1 aromatic rings. The van der Waals surface area contributed by atoms with Gasteiger partial charge in [-0.3, -0.25) is 4.99 Å². The number of methoxy groups -OCH3 is 1. The number of nitrogens with zero attached hydrogens (tertiary/aromatic N) is 3. The molecule has 0 aromatic carbocycles. The molecule has 0 saturated carbocycles. The van der Waals surface area contributed by atoms with E-state index < -0.39 is 0 Å². The lowest BCUT2D eigenvalue weighted by Gasteiger charge is -2.21. The van der Waals surface area contributed by atoms with E-state index in [1.165, 1.54) is 42.8 Å². The first-order valence-corrected chi connectivity index (χ1v) is 10.0. The molecule has 1 atom stereocenters. The molecule has 0 amide bonds. The predicted octanol–water partition coefficient (Wildman–Crippen LogP) is 2.50. The Morgan fingerprint density at radius 3 is 3.08 bits per heavy atom. The van der Waals surface area contributed by atoms with Crippen LogP contribution >= 0.6 is 11.3 Å². The van der Waals surface area contributed by atoms with E-state index in [-0.39, 0.29) is 0 Å². The lowest BCUT2D eigenvalue weighted by atomic mass is 10.0. The maximum atomic E-state index is 5.28. The van der Waals surface area contributed by atoms with Crippen LogP contribution in [0.15, 0.2) is 4.99 Å². The zero-order valence-corrected chi connectivity index (χ0v) is 15.8. The van der Waals surface area contributed by atoms with Crippen LogP contribution in [0.5, 0.6) is 0 Å². The zero-order valence-electron chi connectivity index (χ0n) is 15.0. The largest absolute Gasteiger partial charge is 0.384 e. The second-order valence-corrected chi connectivity index (χ2v) is 7.99. The molecule has 1 unspecified atom stereocenters. The topological polar surface area (TPSA) is 49.8 Å². The Morgan fingerprint density at radius 2 is 2.29 bits per heavy atom. The molecule has 24 heavy (non-hydrogen) atoms. The Balaban J connectivity index is 1.40. The summed E-state index contributed by atoms with van der Waals surface area (Å²) >= 11 is 1.94. The molecule has 1 aliphatic heterocycles. The predicted molar refractivity (Wildman–Crippen MR) is 100.0 cm³/mol. The number of guanidine groups is 1. The van der Waals surface area contributed by atoms with Crippen molar-refractivity contribution >= 4 is 17.3 Å². The van der Waals surface area contributed by atoms with Gasteiger partial charge >= 0.3 is 0 Å². The molecule has 6 heteroatoms. The van der Waals surface area contributed by atoms with Crippen LogP contribution in [-0.2, 0) is 24.0 Å². The van der Waals surface area contributed by atoms with Gasteiger partial charge in [0.05, 0.1) is 17.3 Å². The molecule has 5 nitrogen and oxygen atoms in total. The maximum Gasteiger partial charge on any atom is 0.193 e. The molecule has 0 radical (unpaired) electrons. The van der Waals surface area contributed by atoms with Gasteiger partial charge < -0.3 is 15.0 Å². The van der Waals surface area contributed by atoms with Crippen LogP contribution in [0.2, 0.25) is 0 Å². The van der Waals surface area contributed by atoms with Gasteiger partial charge in [-0.2, -0.15) is 0 Å². The molecule has 0 spiro atoms. The van der Waals surface area contributed by atoms with Gasteiger partial charge in [-0.05, 0) is 38.5 Å². The third kappa shape index (κ3) is 4.48. The number of thiazole rings is 1. The summed E-state index contributed by atoms with van der Waals surface area (Å²) in [6.45, 7) is 3.93. The van der Waals surface area contributed by atoms with E-state index in [2.05, 4.69) is 15.2 Å². The number of ether oxygens (including phenoxy) is 1. The zero-order chi connectivity index (χ0) is 16.8. The van der Waals surface area contributed by atoms with Gasteiger partial charge in [0.25, 0.3) is 0 Å². The number of aryl methyl sites for hydroxylation is 3. The highest BCUT2D eigenvalue weighted by molar-refractivity contribution is 7.11. The minimum atomic E-state index is 0.634. The smallest absolute Gasteiger partial charge is 0.193 e. The van der Waals surface area contributed by atoms with Crippen LogP contribution in [0, 0.1) is 5.92 Å². The summed E-state index contributed by atoms with van der Waals surface area (Å²) in [4.78, 5) is 13.2. The van der Waals surface area contributed by atoms with Gasteiger partial charge in [0.15, 0.2) is 5.96 Å². The minimum Gasteiger partial charge on any atom is -0.384 e. The Kier molecular flexibility index (Phi) is 6.49. The highest BCUT2D eigenvalue weighted by Crippen LogP contribution is 2.27. The number of hydrogen-bond donors (Lipinski definition) is 1. The number of likely N-dealkylation sites (tertiary alicyclic amines) is 1. The highest BCUT2D eigenvalue weighted by Gasteiger charge is 2.24. The normalized spacial score (nSPS) is 21.2. The Hall–Kier alpha value is -1.14.